The van der Waals surface area contributed by atoms with E-state index in [2.05, 4.69) is 31.0 Å². The van der Waals surface area contributed by atoms with Gasteiger partial charge < -0.3 is 14.8 Å². The van der Waals surface area contributed by atoms with Crippen LogP contribution in [-0.2, 0) is 4.79 Å². The number of Topliss-reactive ketones (excluding diaryl/α,β-unsaturated/α-hetero) is 1. The van der Waals surface area contributed by atoms with Crippen LogP contribution in [0, 0.1) is 0 Å². The van der Waals surface area contributed by atoms with Gasteiger partial charge in [-0.05, 0) is 46.5 Å². The first-order valence-electron chi connectivity index (χ1n) is 8.56. The van der Waals surface area contributed by atoms with Gasteiger partial charge in [0.2, 0.25) is 0 Å². The molecule has 0 saturated heterocycles. The van der Waals surface area contributed by atoms with E-state index in [0.29, 0.717) is 12.1 Å². The van der Waals surface area contributed by atoms with E-state index in [-0.39, 0.29) is 6.04 Å². The standard InChI is InChI=1S/C19H27N3O2/c1-5-21(4)12-8-11-20-19(24)18(23)16-13-22(14(2)3)17-10-7-6-9-15(16)17/h6-7,9-10,13-14H,5,8,11-12H2,1-4H3,(H,20,24). The molecule has 0 spiro atoms. The van der Waals surface area contributed by atoms with Crippen molar-refractivity contribution in [3.8, 4) is 0 Å². The molecule has 1 N–H and O–H groups in total. The Morgan fingerprint density at radius 1 is 1.25 bits per heavy atom. The summed E-state index contributed by atoms with van der Waals surface area (Å²) in [5, 5.41) is 3.57. The molecular formula is C19H27N3O2. The molecule has 1 aromatic heterocycles. The topological polar surface area (TPSA) is 54.3 Å². The minimum Gasteiger partial charge on any atom is -0.349 e. The van der Waals surface area contributed by atoms with Crippen LogP contribution in [0.1, 0.15) is 43.6 Å². The van der Waals surface area contributed by atoms with E-state index in [4.69, 9.17) is 0 Å². The van der Waals surface area contributed by atoms with Gasteiger partial charge in [0.1, 0.15) is 0 Å². The fourth-order valence-electron chi connectivity index (χ4n) is 2.72. The predicted octanol–water partition coefficient (Wildman–Crippen LogP) is 2.86. The second-order valence-electron chi connectivity index (χ2n) is 6.40. The Bertz CT molecular complexity index is 718. The lowest BCUT2D eigenvalue weighted by Gasteiger charge is -2.13. The number of hydrogen-bond acceptors (Lipinski definition) is 3. The molecule has 0 aliphatic rings. The first-order valence-corrected chi connectivity index (χ1v) is 8.56. The first-order chi connectivity index (χ1) is 11.5. The maximum absolute atomic E-state index is 12.5. The zero-order chi connectivity index (χ0) is 17.7. The maximum Gasteiger partial charge on any atom is 0.292 e. The number of ketones is 1. The summed E-state index contributed by atoms with van der Waals surface area (Å²) in [6.07, 6.45) is 2.62. The van der Waals surface area contributed by atoms with Crippen molar-refractivity contribution in [1.29, 1.82) is 0 Å². The molecule has 2 aromatic rings. The molecule has 0 atom stereocenters. The highest BCUT2D eigenvalue weighted by Crippen LogP contribution is 2.24. The fraction of sp³-hybridized carbons (Fsp3) is 0.474. The van der Waals surface area contributed by atoms with Gasteiger partial charge in [0.25, 0.3) is 11.7 Å². The Hall–Kier alpha value is -2.14. The van der Waals surface area contributed by atoms with Crippen LogP contribution in [0.25, 0.3) is 10.9 Å². The van der Waals surface area contributed by atoms with Crippen molar-refractivity contribution >= 4 is 22.6 Å². The van der Waals surface area contributed by atoms with Crippen LogP contribution in [0.2, 0.25) is 0 Å². The number of carbonyl (C=O) groups is 2. The number of aromatic nitrogens is 1. The Labute approximate surface area is 143 Å². The van der Waals surface area contributed by atoms with Gasteiger partial charge in [-0.2, -0.15) is 0 Å². The van der Waals surface area contributed by atoms with Crippen molar-refractivity contribution < 1.29 is 9.59 Å². The Morgan fingerprint density at radius 2 is 1.96 bits per heavy atom. The average molecular weight is 329 g/mol. The molecule has 1 aromatic carbocycles. The van der Waals surface area contributed by atoms with Crippen LogP contribution in [-0.4, -0.2) is 47.8 Å². The summed E-state index contributed by atoms with van der Waals surface area (Å²) < 4.78 is 2.03. The van der Waals surface area contributed by atoms with Gasteiger partial charge in [-0.1, -0.05) is 25.1 Å². The zero-order valence-corrected chi connectivity index (χ0v) is 15.0. The molecule has 0 aliphatic carbocycles. The largest absolute Gasteiger partial charge is 0.349 e. The van der Waals surface area contributed by atoms with Crippen LogP contribution < -0.4 is 5.32 Å². The minimum absolute atomic E-state index is 0.226. The molecule has 1 amide bonds. The van der Waals surface area contributed by atoms with Crippen molar-refractivity contribution in [3.63, 3.8) is 0 Å². The molecule has 24 heavy (non-hydrogen) atoms. The summed E-state index contributed by atoms with van der Waals surface area (Å²) >= 11 is 0. The SMILES string of the molecule is CCN(C)CCCNC(=O)C(=O)c1cn(C(C)C)c2ccccc12. The van der Waals surface area contributed by atoms with Crippen LogP contribution in [0.15, 0.2) is 30.5 Å². The molecule has 5 heteroatoms. The van der Waals surface area contributed by atoms with E-state index in [1.165, 1.54) is 0 Å². The number of hydrogen-bond donors (Lipinski definition) is 1. The molecule has 0 fully saturated rings. The summed E-state index contributed by atoms with van der Waals surface area (Å²) in [6, 6.07) is 7.93. The highest BCUT2D eigenvalue weighted by Gasteiger charge is 2.21. The van der Waals surface area contributed by atoms with Gasteiger partial charge >= 0.3 is 0 Å². The molecule has 0 radical (unpaired) electrons. The molecule has 0 bridgehead atoms. The zero-order valence-electron chi connectivity index (χ0n) is 15.0. The lowest BCUT2D eigenvalue weighted by molar-refractivity contribution is -0.117. The van der Waals surface area contributed by atoms with E-state index < -0.39 is 11.7 Å². The summed E-state index contributed by atoms with van der Waals surface area (Å²) in [5.41, 5.74) is 1.45. The smallest absolute Gasteiger partial charge is 0.292 e. The lowest BCUT2D eigenvalue weighted by atomic mass is 10.1. The van der Waals surface area contributed by atoms with Crippen molar-refractivity contribution in [2.45, 2.75) is 33.2 Å². The molecule has 5 nitrogen and oxygen atoms in total. The summed E-state index contributed by atoms with van der Waals surface area (Å²) in [4.78, 5) is 26.9. The van der Waals surface area contributed by atoms with Crippen molar-refractivity contribution in [2.24, 2.45) is 0 Å². The third kappa shape index (κ3) is 4.03. The van der Waals surface area contributed by atoms with Crippen molar-refractivity contribution in [2.75, 3.05) is 26.7 Å². The minimum atomic E-state index is -0.527. The second-order valence-corrected chi connectivity index (χ2v) is 6.40. The monoisotopic (exact) mass is 329 g/mol. The quantitative estimate of drug-likeness (QED) is 0.460. The number of rotatable bonds is 8. The van der Waals surface area contributed by atoms with Gasteiger partial charge in [0, 0.05) is 29.7 Å². The highest BCUT2D eigenvalue weighted by atomic mass is 16.2. The molecule has 0 unspecified atom stereocenters. The number of nitrogens with zero attached hydrogens (tertiary/aromatic N) is 2. The number of carbonyl (C=O) groups excluding carboxylic acids is 2. The second kappa shape index (κ2) is 8.11. The van der Waals surface area contributed by atoms with E-state index in [0.717, 1.165) is 30.4 Å². The molecule has 0 aliphatic heterocycles. The van der Waals surface area contributed by atoms with E-state index in [9.17, 15) is 9.59 Å². The lowest BCUT2D eigenvalue weighted by Crippen LogP contribution is -2.33. The third-order valence-electron chi connectivity index (χ3n) is 4.29. The van der Waals surface area contributed by atoms with E-state index >= 15 is 0 Å². The molecule has 0 saturated carbocycles. The number of nitrogens with one attached hydrogen (secondary N) is 1. The Kier molecular flexibility index (Phi) is 6.15. The third-order valence-corrected chi connectivity index (χ3v) is 4.29. The number of fused-ring (bicyclic) bond motifs is 1. The number of amides is 1. The Balaban J connectivity index is 2.09. The van der Waals surface area contributed by atoms with Crippen LogP contribution in [0.5, 0.6) is 0 Å². The summed E-state index contributed by atoms with van der Waals surface area (Å²) in [6.45, 7) is 8.60. The van der Waals surface area contributed by atoms with Crippen molar-refractivity contribution in [1.82, 2.24) is 14.8 Å². The van der Waals surface area contributed by atoms with Crippen LogP contribution in [0.3, 0.4) is 0 Å². The van der Waals surface area contributed by atoms with Crippen LogP contribution >= 0.6 is 0 Å². The van der Waals surface area contributed by atoms with Crippen molar-refractivity contribution in [3.05, 3.63) is 36.0 Å². The van der Waals surface area contributed by atoms with Gasteiger partial charge in [-0.25, -0.2) is 0 Å². The molecule has 130 valence electrons. The molecule has 2 rings (SSSR count). The fourth-order valence-corrected chi connectivity index (χ4v) is 2.72. The number of benzene rings is 1. The van der Waals surface area contributed by atoms with Gasteiger partial charge in [0.05, 0.1) is 5.56 Å². The van der Waals surface area contributed by atoms with Gasteiger partial charge in [-0.3, -0.25) is 9.59 Å². The van der Waals surface area contributed by atoms with E-state index in [1.54, 1.807) is 6.20 Å². The van der Waals surface area contributed by atoms with Gasteiger partial charge in [-0.15, -0.1) is 0 Å². The number of para-hydroxylation sites is 1. The maximum atomic E-state index is 12.5. The summed E-state index contributed by atoms with van der Waals surface area (Å²) in [5.74, 6) is -0.991. The van der Waals surface area contributed by atoms with Gasteiger partial charge in [0.15, 0.2) is 0 Å². The first kappa shape index (κ1) is 18.2. The molecule has 1 heterocycles. The van der Waals surface area contributed by atoms with Crippen LogP contribution in [0.4, 0.5) is 0 Å². The Morgan fingerprint density at radius 3 is 2.62 bits per heavy atom. The average Bonchev–Trinajstić information content (AvgIpc) is 2.97. The van der Waals surface area contributed by atoms with E-state index in [1.807, 2.05) is 35.9 Å². The normalized spacial score (nSPS) is 11.4. The highest BCUT2D eigenvalue weighted by molar-refractivity contribution is 6.45. The summed E-state index contributed by atoms with van der Waals surface area (Å²) in [7, 11) is 2.04. The molecular weight excluding hydrogens is 302 g/mol. The predicted molar refractivity (Wildman–Crippen MR) is 97.5 cm³/mol.